The molecule has 0 saturated carbocycles. The molecular formula is C16H18N6OS. The van der Waals surface area contributed by atoms with Crippen molar-refractivity contribution in [1.29, 1.82) is 0 Å². The average Bonchev–Trinajstić information content (AvgIpc) is 3.25. The number of hydrogen-bond donors (Lipinski definition) is 1. The molecule has 0 aliphatic carbocycles. The van der Waals surface area contributed by atoms with Gasteiger partial charge in [0.05, 0.1) is 23.1 Å². The van der Waals surface area contributed by atoms with Crippen LogP contribution in [0.1, 0.15) is 28.2 Å². The topological polar surface area (TPSA) is 75.4 Å². The first-order chi connectivity index (χ1) is 11.6. The Morgan fingerprint density at radius 1 is 1.38 bits per heavy atom. The maximum absolute atomic E-state index is 12.5. The molecule has 0 aromatic carbocycles. The van der Waals surface area contributed by atoms with Crippen LogP contribution in [0.15, 0.2) is 23.7 Å². The maximum Gasteiger partial charge on any atom is 0.256 e. The van der Waals surface area contributed by atoms with Crippen molar-refractivity contribution in [2.45, 2.75) is 26.3 Å². The Morgan fingerprint density at radius 3 is 3.04 bits per heavy atom. The van der Waals surface area contributed by atoms with Crippen molar-refractivity contribution >= 4 is 28.9 Å². The zero-order valence-corrected chi connectivity index (χ0v) is 14.4. The quantitative estimate of drug-likeness (QED) is 0.789. The summed E-state index contributed by atoms with van der Waals surface area (Å²) in [6.45, 7) is 5.25. The van der Waals surface area contributed by atoms with E-state index in [4.69, 9.17) is 0 Å². The zero-order valence-electron chi connectivity index (χ0n) is 13.6. The first-order valence-corrected chi connectivity index (χ1v) is 8.73. The number of hydrogen-bond acceptors (Lipinski definition) is 6. The van der Waals surface area contributed by atoms with Crippen LogP contribution in [0.2, 0.25) is 0 Å². The number of carbonyl (C=O) groups excluding carboxylic acids is 1. The van der Waals surface area contributed by atoms with Gasteiger partial charge in [0.25, 0.3) is 5.91 Å². The Morgan fingerprint density at radius 2 is 2.25 bits per heavy atom. The summed E-state index contributed by atoms with van der Waals surface area (Å²) in [7, 11) is 0. The highest BCUT2D eigenvalue weighted by Gasteiger charge is 2.28. The molecule has 1 aliphatic heterocycles. The van der Waals surface area contributed by atoms with Crippen molar-refractivity contribution in [3.05, 3.63) is 40.7 Å². The van der Waals surface area contributed by atoms with Crippen LogP contribution < -0.4 is 5.32 Å². The molecule has 4 heterocycles. The number of rotatable bonds is 3. The molecule has 4 rings (SSSR count). The van der Waals surface area contributed by atoms with Crippen LogP contribution in [0.5, 0.6) is 0 Å². The van der Waals surface area contributed by atoms with Gasteiger partial charge < -0.3 is 10.2 Å². The van der Waals surface area contributed by atoms with Crippen LogP contribution >= 0.6 is 11.5 Å². The summed E-state index contributed by atoms with van der Waals surface area (Å²) in [4.78, 5) is 18.8. The van der Waals surface area contributed by atoms with Gasteiger partial charge in [0.15, 0.2) is 5.65 Å². The molecule has 0 spiro atoms. The fourth-order valence-electron chi connectivity index (χ4n) is 3.02. The van der Waals surface area contributed by atoms with Gasteiger partial charge in [-0.05, 0) is 43.9 Å². The van der Waals surface area contributed by atoms with E-state index in [-0.39, 0.29) is 11.9 Å². The largest absolute Gasteiger partial charge is 0.364 e. The number of anilines is 1. The number of fused-ring (bicyclic) bond motifs is 1. The number of carbonyl (C=O) groups is 1. The van der Waals surface area contributed by atoms with Crippen LogP contribution in [0, 0.1) is 13.8 Å². The summed E-state index contributed by atoms with van der Waals surface area (Å²) in [5.41, 5.74) is 3.30. The molecular weight excluding hydrogens is 324 g/mol. The Balaban J connectivity index is 1.44. The van der Waals surface area contributed by atoms with Crippen molar-refractivity contribution in [3.63, 3.8) is 0 Å². The summed E-state index contributed by atoms with van der Waals surface area (Å²) in [5.74, 6) is 0.867. The first kappa shape index (κ1) is 15.1. The summed E-state index contributed by atoms with van der Waals surface area (Å²) in [6.07, 6.45) is 2.81. The maximum atomic E-state index is 12.5. The molecule has 1 N–H and O–H groups in total. The molecule has 1 fully saturated rings. The van der Waals surface area contributed by atoms with E-state index in [2.05, 4.69) is 19.8 Å². The average molecular weight is 342 g/mol. The molecule has 1 saturated heterocycles. The number of aromatic nitrogens is 4. The molecule has 0 bridgehead atoms. The highest BCUT2D eigenvalue weighted by atomic mass is 32.1. The number of amides is 1. The van der Waals surface area contributed by atoms with Gasteiger partial charge in [-0.2, -0.15) is 4.37 Å². The SMILES string of the molecule is Cc1cn2nc(NC3CCN(C(=O)c4csnc4C)C3)ccc2n1. The predicted octanol–water partition coefficient (Wildman–Crippen LogP) is 2.13. The molecule has 7 nitrogen and oxygen atoms in total. The summed E-state index contributed by atoms with van der Waals surface area (Å²) in [6, 6.07) is 4.08. The Labute approximate surface area is 143 Å². The third-order valence-electron chi connectivity index (χ3n) is 4.25. The molecule has 8 heteroatoms. The van der Waals surface area contributed by atoms with E-state index in [1.807, 2.05) is 42.5 Å². The van der Waals surface area contributed by atoms with Crippen LogP contribution in [0.3, 0.4) is 0 Å². The lowest BCUT2D eigenvalue weighted by atomic mass is 10.2. The van der Waals surface area contributed by atoms with E-state index in [0.29, 0.717) is 12.1 Å². The fraction of sp³-hybridized carbons (Fsp3) is 0.375. The van der Waals surface area contributed by atoms with Gasteiger partial charge in [0, 0.05) is 24.5 Å². The van der Waals surface area contributed by atoms with Gasteiger partial charge in [-0.3, -0.25) is 4.79 Å². The Kier molecular flexibility index (Phi) is 3.68. The fourth-order valence-corrected chi connectivity index (χ4v) is 3.70. The van der Waals surface area contributed by atoms with Crippen molar-refractivity contribution in [3.8, 4) is 0 Å². The molecule has 1 atom stereocenters. The molecule has 24 heavy (non-hydrogen) atoms. The van der Waals surface area contributed by atoms with Crippen LogP contribution in [0.25, 0.3) is 5.65 Å². The Bertz CT molecular complexity index is 901. The van der Waals surface area contributed by atoms with Crippen LogP contribution in [0.4, 0.5) is 5.82 Å². The number of likely N-dealkylation sites (tertiary alicyclic amines) is 1. The lowest BCUT2D eigenvalue weighted by molar-refractivity contribution is 0.0791. The summed E-state index contributed by atoms with van der Waals surface area (Å²) >= 11 is 1.33. The third-order valence-corrected chi connectivity index (χ3v) is 4.97. The number of nitrogens with zero attached hydrogens (tertiary/aromatic N) is 5. The van der Waals surface area contributed by atoms with Gasteiger partial charge in [-0.25, -0.2) is 9.50 Å². The normalized spacial score (nSPS) is 17.6. The second kappa shape index (κ2) is 5.86. The number of imidazole rings is 1. The number of aryl methyl sites for hydroxylation is 2. The standard InChI is InChI=1S/C16H18N6OS/c1-10-7-22-15(17-10)4-3-14(19-22)18-12-5-6-21(8-12)16(23)13-9-24-20-11(13)2/h3-4,7,9,12H,5-6,8H2,1-2H3,(H,18,19). The Hall–Kier alpha value is -2.48. The highest BCUT2D eigenvalue weighted by Crippen LogP contribution is 2.19. The van der Waals surface area contributed by atoms with E-state index in [0.717, 1.165) is 35.8 Å². The summed E-state index contributed by atoms with van der Waals surface area (Å²) < 4.78 is 5.96. The van der Waals surface area contributed by atoms with Crippen molar-refractivity contribution in [1.82, 2.24) is 23.9 Å². The molecule has 124 valence electrons. The van der Waals surface area contributed by atoms with E-state index in [9.17, 15) is 4.79 Å². The van der Waals surface area contributed by atoms with Crippen molar-refractivity contribution < 1.29 is 4.79 Å². The van der Waals surface area contributed by atoms with Gasteiger partial charge >= 0.3 is 0 Å². The lowest BCUT2D eigenvalue weighted by Crippen LogP contribution is -2.32. The zero-order chi connectivity index (χ0) is 16.7. The van der Waals surface area contributed by atoms with E-state index >= 15 is 0 Å². The second-order valence-electron chi connectivity index (χ2n) is 6.10. The predicted molar refractivity (Wildman–Crippen MR) is 92.5 cm³/mol. The van der Waals surface area contributed by atoms with Crippen LogP contribution in [-0.2, 0) is 0 Å². The van der Waals surface area contributed by atoms with Crippen molar-refractivity contribution in [2.24, 2.45) is 0 Å². The number of nitrogens with one attached hydrogen (secondary N) is 1. The minimum Gasteiger partial charge on any atom is -0.364 e. The van der Waals surface area contributed by atoms with Crippen molar-refractivity contribution in [2.75, 3.05) is 18.4 Å². The van der Waals surface area contributed by atoms with E-state index < -0.39 is 0 Å². The minimum atomic E-state index is 0.0687. The van der Waals surface area contributed by atoms with Gasteiger partial charge in [-0.15, -0.1) is 5.10 Å². The highest BCUT2D eigenvalue weighted by molar-refractivity contribution is 7.03. The smallest absolute Gasteiger partial charge is 0.256 e. The molecule has 1 aliphatic rings. The molecule has 3 aromatic rings. The third kappa shape index (κ3) is 2.73. The van der Waals surface area contributed by atoms with E-state index in [1.54, 1.807) is 4.52 Å². The minimum absolute atomic E-state index is 0.0687. The monoisotopic (exact) mass is 342 g/mol. The molecule has 1 amide bonds. The van der Waals surface area contributed by atoms with Gasteiger partial charge in [0.2, 0.25) is 0 Å². The van der Waals surface area contributed by atoms with E-state index in [1.165, 1.54) is 11.5 Å². The molecule has 0 radical (unpaired) electrons. The lowest BCUT2D eigenvalue weighted by Gasteiger charge is -2.17. The molecule has 3 aromatic heterocycles. The van der Waals surface area contributed by atoms with Crippen LogP contribution in [-0.4, -0.2) is 48.9 Å². The van der Waals surface area contributed by atoms with Gasteiger partial charge in [-0.1, -0.05) is 0 Å². The first-order valence-electron chi connectivity index (χ1n) is 7.90. The van der Waals surface area contributed by atoms with Gasteiger partial charge in [0.1, 0.15) is 5.82 Å². The summed E-state index contributed by atoms with van der Waals surface area (Å²) in [5, 5.41) is 9.77. The molecule has 1 unspecified atom stereocenters. The second-order valence-corrected chi connectivity index (χ2v) is 6.73.